The van der Waals surface area contributed by atoms with Crippen LogP contribution in [-0.2, 0) is 12.8 Å². The summed E-state index contributed by atoms with van der Waals surface area (Å²) in [6, 6.07) is 15.2. The Morgan fingerprint density at radius 1 is 1.00 bits per heavy atom. The lowest BCUT2D eigenvalue weighted by Crippen LogP contribution is -2.21. The van der Waals surface area contributed by atoms with E-state index in [1.165, 1.54) is 43.9 Å². The molecule has 0 unspecified atom stereocenters. The number of aromatic nitrogens is 2. The number of benzene rings is 2. The Morgan fingerprint density at radius 2 is 1.71 bits per heavy atom. The summed E-state index contributed by atoms with van der Waals surface area (Å²) in [7, 11) is 0. The van der Waals surface area contributed by atoms with Crippen molar-refractivity contribution in [3.63, 3.8) is 0 Å². The van der Waals surface area contributed by atoms with E-state index in [0.717, 1.165) is 17.7 Å². The summed E-state index contributed by atoms with van der Waals surface area (Å²) in [5.74, 6) is 0.566. The molecule has 4 rings (SSSR count). The molecule has 0 aliphatic heterocycles. The molecule has 1 aromatic heterocycles. The van der Waals surface area contributed by atoms with Crippen molar-refractivity contribution in [1.29, 1.82) is 0 Å². The second-order valence-corrected chi connectivity index (χ2v) is 9.81. The lowest BCUT2D eigenvalue weighted by molar-refractivity contribution is 0.0734. The molecule has 0 bridgehead atoms. The molecule has 1 saturated carbocycles. The summed E-state index contributed by atoms with van der Waals surface area (Å²) in [5, 5.41) is 0.486. The molecule has 0 spiro atoms. The highest BCUT2D eigenvalue weighted by molar-refractivity contribution is 7.99. The van der Waals surface area contributed by atoms with Gasteiger partial charge in [0.2, 0.25) is 0 Å². The summed E-state index contributed by atoms with van der Waals surface area (Å²) in [5.41, 5.74) is 2.50. The second kappa shape index (κ2) is 12.0. The number of carbonyl (C=O) groups is 2. The molecule has 182 valence electrons. The Bertz CT molecular complexity index is 1220. The Labute approximate surface area is 209 Å². The molecule has 1 fully saturated rings. The zero-order valence-electron chi connectivity index (χ0n) is 19.9. The number of ether oxygens (including phenoxy) is 1. The van der Waals surface area contributed by atoms with E-state index in [1.807, 2.05) is 13.0 Å². The minimum absolute atomic E-state index is 0.0908. The normalized spacial score (nSPS) is 14.0. The number of esters is 1. The van der Waals surface area contributed by atoms with Gasteiger partial charge < -0.3 is 9.72 Å². The maximum atomic E-state index is 12.7. The summed E-state index contributed by atoms with van der Waals surface area (Å²) >= 11 is 1.24. The number of thioether (sulfide) groups is 1. The van der Waals surface area contributed by atoms with Crippen LogP contribution in [0.3, 0.4) is 0 Å². The van der Waals surface area contributed by atoms with Gasteiger partial charge in [0.1, 0.15) is 5.75 Å². The zero-order chi connectivity index (χ0) is 24.6. The number of H-pyrrole nitrogens is 1. The van der Waals surface area contributed by atoms with Crippen LogP contribution in [0.1, 0.15) is 71.0 Å². The fraction of sp³-hybridized carbons (Fsp3) is 0.357. The van der Waals surface area contributed by atoms with Crippen LogP contribution >= 0.6 is 11.8 Å². The maximum absolute atomic E-state index is 12.7. The number of Topliss-reactive ketones (excluding diaryl/α,β-unsaturated/α-hetero) is 1. The third-order valence-corrected chi connectivity index (χ3v) is 7.25. The summed E-state index contributed by atoms with van der Waals surface area (Å²) in [4.78, 5) is 45.1. The van der Waals surface area contributed by atoms with Crippen molar-refractivity contribution in [2.45, 2.75) is 57.0 Å². The molecule has 7 heteroatoms. The Balaban J connectivity index is 1.37. The highest BCUT2D eigenvalue weighted by Crippen LogP contribution is 2.27. The number of hydrogen-bond acceptors (Lipinski definition) is 6. The van der Waals surface area contributed by atoms with Crippen molar-refractivity contribution in [3.8, 4) is 5.75 Å². The number of nitrogens with one attached hydrogen (secondary N) is 1. The molecule has 3 aromatic rings. The van der Waals surface area contributed by atoms with Gasteiger partial charge >= 0.3 is 5.97 Å². The van der Waals surface area contributed by atoms with Gasteiger partial charge in [-0.15, -0.1) is 0 Å². The van der Waals surface area contributed by atoms with E-state index in [0.29, 0.717) is 34.4 Å². The van der Waals surface area contributed by atoms with Gasteiger partial charge in [0.05, 0.1) is 17.0 Å². The van der Waals surface area contributed by atoms with E-state index in [2.05, 4.69) is 4.98 Å². The molecule has 6 nitrogen and oxygen atoms in total. The number of aromatic amines is 1. The van der Waals surface area contributed by atoms with Crippen molar-refractivity contribution < 1.29 is 14.3 Å². The lowest BCUT2D eigenvalue weighted by Gasteiger charge is -2.22. The second-order valence-electron chi connectivity index (χ2n) is 8.85. The number of nitrogens with zero attached hydrogens (tertiary/aromatic N) is 1. The molecular weight excluding hydrogens is 460 g/mol. The first-order valence-corrected chi connectivity index (χ1v) is 13.2. The van der Waals surface area contributed by atoms with Crippen LogP contribution in [0.5, 0.6) is 5.75 Å². The number of rotatable bonds is 9. The monoisotopic (exact) mass is 490 g/mol. The van der Waals surface area contributed by atoms with Gasteiger partial charge in [-0.05, 0) is 55.2 Å². The molecule has 0 atom stereocenters. The van der Waals surface area contributed by atoms with Gasteiger partial charge in [-0.3, -0.25) is 9.59 Å². The highest BCUT2D eigenvalue weighted by atomic mass is 32.2. The largest absolute Gasteiger partial charge is 0.423 e. The Morgan fingerprint density at radius 3 is 2.40 bits per heavy atom. The molecular formula is C28H30N2O4S. The Kier molecular flexibility index (Phi) is 8.53. The highest BCUT2D eigenvalue weighted by Gasteiger charge is 2.19. The molecule has 0 amide bonds. The van der Waals surface area contributed by atoms with Crippen molar-refractivity contribution in [3.05, 3.63) is 87.3 Å². The fourth-order valence-electron chi connectivity index (χ4n) is 4.45. The standard InChI is InChI=1S/C28H30N2O4S/c1-2-23-24(17-19-9-5-3-6-10-19)29-28(30-26(23)32)35-18-25(31)20-13-15-22(16-14-20)34-27(33)21-11-7-4-8-12-21/h4,7-8,11-16,19H,2-3,5-6,9-10,17-18H2,1H3,(H,29,30,32). The smallest absolute Gasteiger partial charge is 0.343 e. The molecule has 0 radical (unpaired) electrons. The van der Waals surface area contributed by atoms with Gasteiger partial charge in [-0.25, -0.2) is 9.78 Å². The summed E-state index contributed by atoms with van der Waals surface area (Å²) < 4.78 is 5.37. The van der Waals surface area contributed by atoms with Gasteiger partial charge in [0.25, 0.3) is 5.56 Å². The first-order chi connectivity index (χ1) is 17.0. The molecule has 1 aliphatic rings. The van der Waals surface area contributed by atoms with Crippen LogP contribution in [-0.4, -0.2) is 27.5 Å². The van der Waals surface area contributed by atoms with Crippen LogP contribution in [0.2, 0.25) is 0 Å². The predicted molar refractivity (Wildman–Crippen MR) is 137 cm³/mol. The number of hydrogen-bond donors (Lipinski definition) is 1. The molecule has 35 heavy (non-hydrogen) atoms. The van der Waals surface area contributed by atoms with Gasteiger partial charge in [-0.2, -0.15) is 0 Å². The molecule has 0 saturated heterocycles. The van der Waals surface area contributed by atoms with Gasteiger partial charge in [-0.1, -0.05) is 69.0 Å². The van der Waals surface area contributed by atoms with E-state index in [1.54, 1.807) is 48.5 Å². The van der Waals surface area contributed by atoms with Crippen molar-refractivity contribution >= 4 is 23.5 Å². The molecule has 2 aromatic carbocycles. The number of ketones is 1. The molecule has 1 N–H and O–H groups in total. The van der Waals surface area contributed by atoms with Crippen LogP contribution in [0.15, 0.2) is 64.5 Å². The van der Waals surface area contributed by atoms with E-state index in [-0.39, 0.29) is 17.1 Å². The first kappa shape index (κ1) is 24.9. The molecule has 1 heterocycles. The third kappa shape index (κ3) is 6.69. The van der Waals surface area contributed by atoms with Crippen molar-refractivity contribution in [2.24, 2.45) is 5.92 Å². The summed E-state index contributed by atoms with van der Waals surface area (Å²) in [6.45, 7) is 1.98. The van der Waals surface area contributed by atoms with Crippen LogP contribution < -0.4 is 10.3 Å². The van der Waals surface area contributed by atoms with Gasteiger partial charge in [0.15, 0.2) is 10.9 Å². The van der Waals surface area contributed by atoms with Crippen molar-refractivity contribution in [1.82, 2.24) is 9.97 Å². The van der Waals surface area contributed by atoms with Crippen LogP contribution in [0, 0.1) is 5.92 Å². The minimum Gasteiger partial charge on any atom is -0.423 e. The third-order valence-electron chi connectivity index (χ3n) is 6.38. The minimum atomic E-state index is -0.449. The van der Waals surface area contributed by atoms with E-state index in [9.17, 15) is 14.4 Å². The quantitative estimate of drug-likeness (QED) is 0.137. The van der Waals surface area contributed by atoms with E-state index < -0.39 is 5.97 Å². The average Bonchev–Trinajstić information content (AvgIpc) is 2.89. The van der Waals surface area contributed by atoms with E-state index in [4.69, 9.17) is 9.72 Å². The van der Waals surface area contributed by atoms with Crippen molar-refractivity contribution in [2.75, 3.05) is 5.75 Å². The lowest BCUT2D eigenvalue weighted by atomic mass is 9.85. The fourth-order valence-corrected chi connectivity index (χ4v) is 5.23. The van der Waals surface area contributed by atoms with Gasteiger partial charge in [0, 0.05) is 11.1 Å². The predicted octanol–water partition coefficient (Wildman–Crippen LogP) is 5.65. The average molecular weight is 491 g/mol. The van der Waals surface area contributed by atoms with Crippen LogP contribution in [0.4, 0.5) is 0 Å². The first-order valence-electron chi connectivity index (χ1n) is 12.2. The zero-order valence-corrected chi connectivity index (χ0v) is 20.7. The van der Waals surface area contributed by atoms with E-state index >= 15 is 0 Å². The topological polar surface area (TPSA) is 89.1 Å². The molecule has 1 aliphatic carbocycles. The Hall–Kier alpha value is -3.19. The maximum Gasteiger partial charge on any atom is 0.343 e. The number of carbonyl (C=O) groups excluding carboxylic acids is 2. The SMILES string of the molecule is CCc1c(CC2CCCCC2)nc(SCC(=O)c2ccc(OC(=O)c3ccccc3)cc2)[nH]c1=O. The van der Waals surface area contributed by atoms with Crippen LogP contribution in [0.25, 0.3) is 0 Å². The summed E-state index contributed by atoms with van der Waals surface area (Å²) in [6.07, 6.45) is 7.64.